The van der Waals surface area contributed by atoms with Crippen LogP contribution < -0.4 is 16.0 Å². The van der Waals surface area contributed by atoms with Gasteiger partial charge in [-0.1, -0.05) is 19.8 Å². The van der Waals surface area contributed by atoms with Gasteiger partial charge < -0.3 is 16.0 Å². The molecule has 1 amide bonds. The third kappa shape index (κ3) is 5.89. The quantitative estimate of drug-likeness (QED) is 0.489. The largest absolute Gasteiger partial charge is 0.356 e. The molecule has 1 rings (SSSR count). The summed E-state index contributed by atoms with van der Waals surface area (Å²) in [6.07, 6.45) is 6.51. The van der Waals surface area contributed by atoms with E-state index in [-0.39, 0.29) is 5.91 Å². The Morgan fingerprint density at radius 2 is 1.94 bits per heavy atom. The standard InChI is InChI=1S/C13H26N4O/c1-3-9-15-12(18)8-10-16-13(14-2)17-11-6-4-5-7-11/h11H,3-10H2,1-2H3,(H,15,18)(H2,14,16,17). The van der Waals surface area contributed by atoms with Crippen molar-refractivity contribution in [3.8, 4) is 0 Å². The first kappa shape index (κ1) is 14.8. The van der Waals surface area contributed by atoms with Crippen molar-refractivity contribution in [2.45, 2.75) is 51.5 Å². The molecule has 0 saturated heterocycles. The fourth-order valence-corrected chi connectivity index (χ4v) is 2.11. The van der Waals surface area contributed by atoms with Crippen LogP contribution in [0.5, 0.6) is 0 Å². The smallest absolute Gasteiger partial charge is 0.221 e. The van der Waals surface area contributed by atoms with Gasteiger partial charge in [0.15, 0.2) is 5.96 Å². The van der Waals surface area contributed by atoms with E-state index < -0.39 is 0 Å². The van der Waals surface area contributed by atoms with Crippen molar-refractivity contribution in [3.05, 3.63) is 0 Å². The number of amides is 1. The van der Waals surface area contributed by atoms with E-state index in [1.54, 1.807) is 7.05 Å². The zero-order valence-corrected chi connectivity index (χ0v) is 11.6. The molecule has 0 aromatic carbocycles. The summed E-state index contributed by atoms with van der Waals surface area (Å²) in [6.45, 7) is 3.43. The molecule has 0 aromatic rings. The molecular weight excluding hydrogens is 228 g/mol. The fourth-order valence-electron chi connectivity index (χ4n) is 2.11. The zero-order chi connectivity index (χ0) is 13.2. The van der Waals surface area contributed by atoms with Crippen LogP contribution in [-0.2, 0) is 4.79 Å². The van der Waals surface area contributed by atoms with Crippen LogP contribution >= 0.6 is 0 Å². The molecule has 1 saturated carbocycles. The number of carbonyl (C=O) groups excluding carboxylic acids is 1. The Bertz CT molecular complexity index is 272. The van der Waals surface area contributed by atoms with Gasteiger partial charge in [0.2, 0.25) is 5.91 Å². The number of hydrogen-bond donors (Lipinski definition) is 3. The van der Waals surface area contributed by atoms with Crippen LogP contribution in [0.1, 0.15) is 45.4 Å². The van der Waals surface area contributed by atoms with Crippen LogP contribution in [0.4, 0.5) is 0 Å². The second-order valence-corrected chi connectivity index (χ2v) is 4.72. The second kappa shape index (κ2) is 8.78. The van der Waals surface area contributed by atoms with Gasteiger partial charge in [-0.25, -0.2) is 0 Å². The van der Waals surface area contributed by atoms with Gasteiger partial charge in [-0.3, -0.25) is 9.79 Å². The molecule has 0 aromatic heterocycles. The monoisotopic (exact) mass is 254 g/mol. The highest BCUT2D eigenvalue weighted by atomic mass is 16.1. The van der Waals surface area contributed by atoms with Gasteiger partial charge in [-0.2, -0.15) is 0 Å². The van der Waals surface area contributed by atoms with Crippen LogP contribution in [0.3, 0.4) is 0 Å². The van der Waals surface area contributed by atoms with E-state index in [9.17, 15) is 4.79 Å². The minimum Gasteiger partial charge on any atom is -0.356 e. The van der Waals surface area contributed by atoms with Crippen molar-refractivity contribution in [3.63, 3.8) is 0 Å². The van der Waals surface area contributed by atoms with Crippen molar-refractivity contribution in [2.24, 2.45) is 4.99 Å². The van der Waals surface area contributed by atoms with Crippen molar-refractivity contribution in [1.82, 2.24) is 16.0 Å². The molecule has 0 heterocycles. The van der Waals surface area contributed by atoms with Crippen molar-refractivity contribution in [1.29, 1.82) is 0 Å². The van der Waals surface area contributed by atoms with Gasteiger partial charge >= 0.3 is 0 Å². The average molecular weight is 254 g/mol. The lowest BCUT2D eigenvalue weighted by Crippen LogP contribution is -2.43. The number of nitrogens with one attached hydrogen (secondary N) is 3. The lowest BCUT2D eigenvalue weighted by atomic mass is 10.2. The molecule has 0 atom stereocenters. The third-order valence-corrected chi connectivity index (χ3v) is 3.14. The molecule has 0 aliphatic heterocycles. The van der Waals surface area contributed by atoms with Gasteiger partial charge in [0.25, 0.3) is 0 Å². The molecule has 1 aliphatic rings. The first-order chi connectivity index (χ1) is 8.76. The first-order valence-corrected chi connectivity index (χ1v) is 7.00. The SMILES string of the molecule is CCCNC(=O)CCNC(=NC)NC1CCCC1. The normalized spacial score (nSPS) is 16.7. The number of aliphatic imine (C=N–C) groups is 1. The van der Waals surface area contributed by atoms with E-state index in [0.717, 1.165) is 18.9 Å². The van der Waals surface area contributed by atoms with E-state index >= 15 is 0 Å². The molecule has 0 bridgehead atoms. The maximum Gasteiger partial charge on any atom is 0.221 e. The Morgan fingerprint density at radius 3 is 2.56 bits per heavy atom. The number of guanidine groups is 1. The number of hydrogen-bond acceptors (Lipinski definition) is 2. The lowest BCUT2D eigenvalue weighted by Gasteiger charge is -2.16. The van der Waals surface area contributed by atoms with Gasteiger partial charge in [-0.15, -0.1) is 0 Å². The highest BCUT2D eigenvalue weighted by molar-refractivity contribution is 5.81. The van der Waals surface area contributed by atoms with E-state index in [2.05, 4.69) is 20.9 Å². The Morgan fingerprint density at radius 1 is 1.22 bits per heavy atom. The minimum atomic E-state index is 0.0978. The maximum absolute atomic E-state index is 11.4. The van der Waals surface area contributed by atoms with E-state index in [1.165, 1.54) is 25.7 Å². The third-order valence-electron chi connectivity index (χ3n) is 3.14. The first-order valence-electron chi connectivity index (χ1n) is 7.00. The van der Waals surface area contributed by atoms with E-state index in [0.29, 0.717) is 19.0 Å². The predicted octanol–water partition coefficient (Wildman–Crippen LogP) is 1.01. The molecule has 0 radical (unpaired) electrons. The van der Waals surface area contributed by atoms with Crippen LogP contribution in [0, 0.1) is 0 Å². The van der Waals surface area contributed by atoms with Crippen LogP contribution in [0.15, 0.2) is 4.99 Å². The second-order valence-electron chi connectivity index (χ2n) is 4.72. The maximum atomic E-state index is 11.4. The summed E-state index contributed by atoms with van der Waals surface area (Å²) >= 11 is 0. The molecule has 3 N–H and O–H groups in total. The number of rotatable bonds is 6. The summed E-state index contributed by atoms with van der Waals surface area (Å²) in [6, 6.07) is 0.546. The molecule has 5 heteroatoms. The Hall–Kier alpha value is -1.26. The summed E-state index contributed by atoms with van der Waals surface area (Å²) < 4.78 is 0. The number of nitrogens with zero attached hydrogens (tertiary/aromatic N) is 1. The molecule has 104 valence electrons. The van der Waals surface area contributed by atoms with Crippen LogP contribution in [0.25, 0.3) is 0 Å². The Kier molecular flexibility index (Phi) is 7.22. The molecule has 0 unspecified atom stereocenters. The lowest BCUT2D eigenvalue weighted by molar-refractivity contribution is -0.120. The average Bonchev–Trinajstić information content (AvgIpc) is 2.88. The Balaban J connectivity index is 2.13. The summed E-state index contributed by atoms with van der Waals surface area (Å²) in [5.41, 5.74) is 0. The molecule has 0 spiro atoms. The van der Waals surface area contributed by atoms with Crippen molar-refractivity contribution >= 4 is 11.9 Å². The molecule has 18 heavy (non-hydrogen) atoms. The molecule has 5 nitrogen and oxygen atoms in total. The van der Waals surface area contributed by atoms with Gasteiger partial charge in [0.05, 0.1) is 0 Å². The topological polar surface area (TPSA) is 65.5 Å². The van der Waals surface area contributed by atoms with Crippen LogP contribution in [-0.4, -0.2) is 38.0 Å². The van der Waals surface area contributed by atoms with Crippen molar-refractivity contribution in [2.75, 3.05) is 20.1 Å². The van der Waals surface area contributed by atoms with Gasteiger partial charge in [-0.05, 0) is 19.3 Å². The summed E-state index contributed by atoms with van der Waals surface area (Å²) in [5.74, 6) is 0.908. The summed E-state index contributed by atoms with van der Waals surface area (Å²) in [5, 5.41) is 9.43. The van der Waals surface area contributed by atoms with Crippen molar-refractivity contribution < 1.29 is 4.79 Å². The summed E-state index contributed by atoms with van der Waals surface area (Å²) in [4.78, 5) is 15.6. The number of carbonyl (C=O) groups is 1. The predicted molar refractivity (Wildman–Crippen MR) is 74.7 cm³/mol. The zero-order valence-electron chi connectivity index (χ0n) is 11.6. The van der Waals surface area contributed by atoms with Gasteiger partial charge in [0, 0.05) is 32.6 Å². The minimum absolute atomic E-state index is 0.0978. The Labute approximate surface area is 110 Å². The fraction of sp³-hybridized carbons (Fsp3) is 0.846. The molecule has 1 aliphatic carbocycles. The molecular formula is C13H26N4O. The highest BCUT2D eigenvalue weighted by Gasteiger charge is 2.15. The highest BCUT2D eigenvalue weighted by Crippen LogP contribution is 2.17. The van der Waals surface area contributed by atoms with E-state index in [1.807, 2.05) is 6.92 Å². The summed E-state index contributed by atoms with van der Waals surface area (Å²) in [7, 11) is 1.77. The van der Waals surface area contributed by atoms with Crippen LogP contribution in [0.2, 0.25) is 0 Å². The van der Waals surface area contributed by atoms with Gasteiger partial charge in [0.1, 0.15) is 0 Å². The van der Waals surface area contributed by atoms with E-state index in [4.69, 9.17) is 0 Å². The molecule has 1 fully saturated rings.